The number of rotatable bonds is 5. The van der Waals surface area contributed by atoms with E-state index in [2.05, 4.69) is 17.0 Å². The molecule has 2 aliphatic heterocycles. The van der Waals surface area contributed by atoms with Gasteiger partial charge in [0.2, 0.25) is 5.91 Å². The topological polar surface area (TPSA) is 94.7 Å². The van der Waals surface area contributed by atoms with E-state index in [0.717, 1.165) is 22.5 Å². The first kappa shape index (κ1) is 25.8. The Hall–Kier alpha value is -4.82. The van der Waals surface area contributed by atoms with E-state index in [1.165, 1.54) is 0 Å². The van der Waals surface area contributed by atoms with E-state index in [-0.39, 0.29) is 18.4 Å². The molecule has 0 aromatic heterocycles. The second kappa shape index (κ2) is 11.3. The van der Waals surface area contributed by atoms with Crippen molar-refractivity contribution >= 4 is 23.2 Å². The summed E-state index contributed by atoms with van der Waals surface area (Å²) in [6, 6.07) is 25.2. The van der Waals surface area contributed by atoms with E-state index in [1.54, 1.807) is 6.07 Å². The maximum atomic E-state index is 13.5. The van der Waals surface area contributed by atoms with Crippen molar-refractivity contribution in [2.75, 3.05) is 55.6 Å². The van der Waals surface area contributed by atoms with Gasteiger partial charge < -0.3 is 19.6 Å². The van der Waals surface area contributed by atoms with Crippen molar-refractivity contribution in [1.82, 2.24) is 9.80 Å². The lowest BCUT2D eigenvalue weighted by Crippen LogP contribution is -2.50. The number of hydrogen-bond acceptors (Lipinski definition) is 6. The van der Waals surface area contributed by atoms with Crippen molar-refractivity contribution in [2.24, 2.45) is 0 Å². The van der Waals surface area contributed by atoms with E-state index < -0.39 is 0 Å². The predicted octanol–water partition coefficient (Wildman–Crippen LogP) is 3.55. The molecule has 2 heterocycles. The van der Waals surface area contributed by atoms with Crippen LogP contribution in [0.25, 0.3) is 0 Å². The predicted molar refractivity (Wildman–Crippen MR) is 149 cm³/mol. The highest BCUT2D eigenvalue weighted by molar-refractivity contribution is 5.96. The molecule has 0 radical (unpaired) electrons. The number of para-hydroxylation sites is 2. The number of carbonyl (C=O) groups is 2. The van der Waals surface area contributed by atoms with Gasteiger partial charge in [0.25, 0.3) is 5.91 Å². The molecule has 196 valence electrons. The minimum Gasteiger partial charge on any atom is -0.367 e. The summed E-state index contributed by atoms with van der Waals surface area (Å²) in [5.41, 5.74) is 5.39. The molecule has 2 aliphatic rings. The number of benzene rings is 3. The first-order valence-electron chi connectivity index (χ1n) is 13.1. The van der Waals surface area contributed by atoms with Crippen LogP contribution in [0.1, 0.15) is 32.6 Å². The molecule has 2 fully saturated rings. The molecule has 0 atom stereocenters. The van der Waals surface area contributed by atoms with Gasteiger partial charge in [-0.15, -0.1) is 0 Å². The molecule has 0 N–H and O–H groups in total. The highest BCUT2D eigenvalue weighted by Gasteiger charge is 2.27. The van der Waals surface area contributed by atoms with Gasteiger partial charge in [0.1, 0.15) is 12.1 Å². The average molecular weight is 519 g/mol. The van der Waals surface area contributed by atoms with Crippen LogP contribution in [-0.2, 0) is 11.3 Å². The third kappa shape index (κ3) is 5.42. The number of amides is 2. The van der Waals surface area contributed by atoms with Crippen molar-refractivity contribution in [1.29, 1.82) is 10.5 Å². The Labute approximate surface area is 228 Å². The summed E-state index contributed by atoms with van der Waals surface area (Å²) < 4.78 is 0. The second-order valence-electron chi connectivity index (χ2n) is 9.92. The fourth-order valence-electron chi connectivity index (χ4n) is 5.31. The van der Waals surface area contributed by atoms with Crippen LogP contribution in [0.2, 0.25) is 0 Å². The molecule has 0 saturated carbocycles. The zero-order chi connectivity index (χ0) is 27.4. The molecule has 0 aliphatic carbocycles. The van der Waals surface area contributed by atoms with Crippen LogP contribution in [0.4, 0.5) is 11.4 Å². The molecule has 5 rings (SSSR count). The third-order valence-electron chi connectivity index (χ3n) is 7.52. The number of hydrogen-bond donors (Lipinski definition) is 0. The van der Waals surface area contributed by atoms with Gasteiger partial charge in [0, 0.05) is 51.4 Å². The van der Waals surface area contributed by atoms with Crippen LogP contribution < -0.4 is 9.80 Å². The fraction of sp³-hybridized carbons (Fsp3) is 0.290. The van der Waals surface area contributed by atoms with Crippen LogP contribution >= 0.6 is 0 Å². The van der Waals surface area contributed by atoms with Crippen LogP contribution in [0, 0.1) is 29.6 Å². The van der Waals surface area contributed by atoms with Gasteiger partial charge in [-0.25, -0.2) is 0 Å². The van der Waals surface area contributed by atoms with Gasteiger partial charge in [-0.1, -0.05) is 36.4 Å². The Kier molecular flexibility index (Phi) is 7.47. The molecule has 0 spiro atoms. The fourth-order valence-corrected chi connectivity index (χ4v) is 5.31. The largest absolute Gasteiger partial charge is 0.367 e. The van der Waals surface area contributed by atoms with Crippen molar-refractivity contribution in [3.63, 3.8) is 0 Å². The van der Waals surface area contributed by atoms with E-state index in [9.17, 15) is 20.1 Å². The Balaban J connectivity index is 1.23. The van der Waals surface area contributed by atoms with Gasteiger partial charge in [-0.2, -0.15) is 10.5 Å². The quantitative estimate of drug-likeness (QED) is 0.513. The first-order chi connectivity index (χ1) is 19.0. The van der Waals surface area contributed by atoms with Crippen molar-refractivity contribution < 1.29 is 9.59 Å². The Morgan fingerprint density at radius 1 is 0.795 bits per heavy atom. The maximum absolute atomic E-state index is 13.5. The molecule has 8 nitrogen and oxygen atoms in total. The molecule has 3 aromatic rings. The van der Waals surface area contributed by atoms with Crippen LogP contribution in [0.5, 0.6) is 0 Å². The molecule has 8 heteroatoms. The average Bonchev–Trinajstić information content (AvgIpc) is 2.98. The summed E-state index contributed by atoms with van der Waals surface area (Å²) in [6.45, 7) is 6.26. The van der Waals surface area contributed by atoms with E-state index in [4.69, 9.17) is 0 Å². The summed E-state index contributed by atoms with van der Waals surface area (Å²) in [4.78, 5) is 34.3. The zero-order valence-corrected chi connectivity index (χ0v) is 22.0. The maximum Gasteiger partial charge on any atom is 0.254 e. The minimum atomic E-state index is -0.00757. The molecule has 0 bridgehead atoms. The number of nitrogens with zero attached hydrogens (tertiary/aromatic N) is 6. The number of aryl methyl sites for hydroxylation is 1. The monoisotopic (exact) mass is 518 g/mol. The summed E-state index contributed by atoms with van der Waals surface area (Å²) in [7, 11) is 0. The smallest absolute Gasteiger partial charge is 0.254 e. The highest BCUT2D eigenvalue weighted by Crippen LogP contribution is 2.24. The molecular weight excluding hydrogens is 488 g/mol. The molecule has 0 unspecified atom stereocenters. The summed E-state index contributed by atoms with van der Waals surface area (Å²) in [5, 5.41) is 18.9. The Morgan fingerprint density at radius 3 is 2.00 bits per heavy atom. The van der Waals surface area contributed by atoms with Crippen LogP contribution in [0.15, 0.2) is 66.7 Å². The molecule has 39 heavy (non-hydrogen) atoms. The van der Waals surface area contributed by atoms with Gasteiger partial charge >= 0.3 is 0 Å². The standard InChI is InChI=1S/C31H30N6O2/c1-23-10-11-24(21-37-17-16-36(22-30(37)38)29-9-5-3-7-26(29)20-33)18-27(23)31(39)35-14-12-34(13-15-35)28-8-4-2-6-25(28)19-32/h2-11,18H,12-17,21-22H2,1H3. The van der Waals surface area contributed by atoms with Gasteiger partial charge in [-0.3, -0.25) is 9.59 Å². The molecule has 2 amide bonds. The lowest BCUT2D eigenvalue weighted by molar-refractivity contribution is -0.131. The zero-order valence-electron chi connectivity index (χ0n) is 22.0. The lowest BCUT2D eigenvalue weighted by Gasteiger charge is -2.37. The van der Waals surface area contributed by atoms with Gasteiger partial charge in [0.05, 0.1) is 29.0 Å². The lowest BCUT2D eigenvalue weighted by atomic mass is 10.0. The molecular formula is C31H30N6O2. The third-order valence-corrected chi connectivity index (χ3v) is 7.52. The SMILES string of the molecule is Cc1ccc(CN2CCN(c3ccccc3C#N)CC2=O)cc1C(=O)N1CCN(c2ccccc2C#N)CC1. The number of piperazine rings is 2. The number of nitriles is 2. The highest BCUT2D eigenvalue weighted by atomic mass is 16.2. The Bertz CT molecular complexity index is 1480. The minimum absolute atomic E-state index is 0.00350. The van der Waals surface area contributed by atoms with Crippen molar-refractivity contribution in [3.05, 3.63) is 94.5 Å². The molecule has 3 aromatic carbocycles. The van der Waals surface area contributed by atoms with Crippen LogP contribution in [0.3, 0.4) is 0 Å². The second-order valence-corrected chi connectivity index (χ2v) is 9.92. The van der Waals surface area contributed by atoms with Gasteiger partial charge in [-0.05, 0) is 48.4 Å². The normalized spacial score (nSPS) is 15.6. The summed E-state index contributed by atoms with van der Waals surface area (Å²) in [5.74, 6) is -0.0111. The summed E-state index contributed by atoms with van der Waals surface area (Å²) >= 11 is 0. The first-order valence-corrected chi connectivity index (χ1v) is 13.1. The van der Waals surface area contributed by atoms with Crippen molar-refractivity contribution in [3.8, 4) is 12.1 Å². The van der Waals surface area contributed by atoms with E-state index >= 15 is 0 Å². The van der Waals surface area contributed by atoms with E-state index in [1.807, 2.05) is 82.3 Å². The number of carbonyl (C=O) groups excluding carboxylic acids is 2. The van der Waals surface area contributed by atoms with Crippen LogP contribution in [-0.4, -0.2) is 67.4 Å². The summed E-state index contributed by atoms with van der Waals surface area (Å²) in [6.07, 6.45) is 0. The number of anilines is 2. The van der Waals surface area contributed by atoms with E-state index in [0.29, 0.717) is 62.5 Å². The Morgan fingerprint density at radius 2 is 1.38 bits per heavy atom. The molecule has 2 saturated heterocycles. The van der Waals surface area contributed by atoms with Gasteiger partial charge in [0.15, 0.2) is 0 Å². The van der Waals surface area contributed by atoms with Crippen molar-refractivity contribution in [2.45, 2.75) is 13.5 Å².